The van der Waals surface area contributed by atoms with E-state index >= 15 is 0 Å². The maximum absolute atomic E-state index is 12.4. The molecule has 1 aliphatic heterocycles. The van der Waals surface area contributed by atoms with E-state index in [9.17, 15) is 4.79 Å². The molecule has 34 heavy (non-hydrogen) atoms. The molecule has 1 atom stereocenters. The summed E-state index contributed by atoms with van der Waals surface area (Å²) in [5.41, 5.74) is 4.44. The second-order valence-corrected chi connectivity index (χ2v) is 9.53. The summed E-state index contributed by atoms with van der Waals surface area (Å²) in [6, 6.07) is 10.9. The van der Waals surface area contributed by atoms with Crippen LogP contribution in [0.3, 0.4) is 0 Å². The van der Waals surface area contributed by atoms with Crippen LogP contribution in [-0.2, 0) is 4.74 Å². The van der Waals surface area contributed by atoms with E-state index < -0.39 is 0 Å². The smallest absolute Gasteiger partial charge is 0.251 e. The molecule has 0 radical (unpaired) electrons. The molecule has 8 nitrogen and oxygen atoms in total. The molecule has 3 heterocycles. The van der Waals surface area contributed by atoms with Crippen LogP contribution in [0.1, 0.15) is 56.3 Å². The van der Waals surface area contributed by atoms with Crippen LogP contribution < -0.4 is 15.5 Å². The fourth-order valence-electron chi connectivity index (χ4n) is 4.39. The van der Waals surface area contributed by atoms with E-state index in [1.54, 1.807) is 0 Å². The Morgan fingerprint density at radius 1 is 1.21 bits per heavy atom. The third-order valence-electron chi connectivity index (χ3n) is 6.93. The largest absolute Gasteiger partial charge is 0.381 e. The van der Waals surface area contributed by atoms with Crippen molar-refractivity contribution < 1.29 is 9.53 Å². The van der Waals surface area contributed by atoms with Crippen LogP contribution >= 0.6 is 0 Å². The van der Waals surface area contributed by atoms with E-state index in [4.69, 9.17) is 14.8 Å². The zero-order valence-corrected chi connectivity index (χ0v) is 20.3. The van der Waals surface area contributed by atoms with Crippen molar-refractivity contribution >= 4 is 23.1 Å². The Morgan fingerprint density at radius 3 is 2.62 bits per heavy atom. The van der Waals surface area contributed by atoms with Gasteiger partial charge < -0.3 is 20.3 Å². The first-order valence-electron chi connectivity index (χ1n) is 12.4. The van der Waals surface area contributed by atoms with E-state index in [1.807, 2.05) is 35.0 Å². The Balaban J connectivity index is 1.51. The summed E-state index contributed by atoms with van der Waals surface area (Å²) >= 11 is 0. The summed E-state index contributed by atoms with van der Waals surface area (Å²) in [5, 5.41) is 11.5. The average molecular weight is 463 g/mol. The molecule has 2 aromatic heterocycles. The number of rotatable bonds is 8. The lowest BCUT2D eigenvalue weighted by molar-refractivity contribution is 0.0855. The fraction of sp³-hybridized carbons (Fsp3) is 0.500. The lowest BCUT2D eigenvalue weighted by atomic mass is 10.1. The predicted octanol–water partition coefficient (Wildman–Crippen LogP) is 4.11. The van der Waals surface area contributed by atoms with Crippen LogP contribution in [0.2, 0.25) is 0 Å². The molecule has 2 N–H and O–H groups in total. The van der Waals surface area contributed by atoms with E-state index in [1.165, 1.54) is 0 Å². The standard InChI is InChI=1S/C26H34N6O2/c1-4-17(2)28-24-15-22(31(3)21-11-13-34-14-12-21)25-27-16-23(32(25)30-24)18-5-7-19(8-6-18)26(33)29-20-9-10-20/h5-8,15-17,20-21H,4,9-14H2,1-3H3,(H,28,30)(H,29,33). The number of ether oxygens (including phenoxy) is 1. The molecule has 180 valence electrons. The zero-order valence-electron chi connectivity index (χ0n) is 20.3. The molecule has 1 aromatic carbocycles. The summed E-state index contributed by atoms with van der Waals surface area (Å²) in [5.74, 6) is 0.821. The number of nitrogens with one attached hydrogen (secondary N) is 2. The van der Waals surface area contributed by atoms with Crippen molar-refractivity contribution in [3.05, 3.63) is 42.1 Å². The van der Waals surface area contributed by atoms with E-state index in [0.717, 1.165) is 73.7 Å². The molecule has 5 rings (SSSR count). The van der Waals surface area contributed by atoms with Gasteiger partial charge in [-0.15, -0.1) is 5.10 Å². The summed E-state index contributed by atoms with van der Waals surface area (Å²) < 4.78 is 7.50. The fourth-order valence-corrected chi connectivity index (χ4v) is 4.39. The number of carbonyl (C=O) groups is 1. The van der Waals surface area contributed by atoms with Crippen molar-refractivity contribution in [1.29, 1.82) is 0 Å². The average Bonchev–Trinajstić information content (AvgIpc) is 3.59. The van der Waals surface area contributed by atoms with Gasteiger partial charge in [-0.1, -0.05) is 19.1 Å². The highest BCUT2D eigenvalue weighted by atomic mass is 16.5. The monoisotopic (exact) mass is 462 g/mol. The Hall–Kier alpha value is -3.13. The van der Waals surface area contributed by atoms with Crippen molar-refractivity contribution in [2.45, 2.75) is 64.1 Å². The summed E-state index contributed by atoms with van der Waals surface area (Å²) in [4.78, 5) is 19.5. The SMILES string of the molecule is CCC(C)Nc1cc(N(C)C2CCOCC2)c2ncc(-c3ccc(C(=O)NC4CC4)cc3)n2n1. The molecule has 1 amide bonds. The first-order valence-corrected chi connectivity index (χ1v) is 12.4. The van der Waals surface area contributed by atoms with Crippen molar-refractivity contribution in [2.75, 3.05) is 30.5 Å². The molecule has 0 spiro atoms. The van der Waals surface area contributed by atoms with E-state index in [2.05, 4.69) is 42.5 Å². The van der Waals surface area contributed by atoms with Crippen LogP contribution in [0, 0.1) is 0 Å². The van der Waals surface area contributed by atoms with Gasteiger partial charge >= 0.3 is 0 Å². The molecular weight excluding hydrogens is 428 g/mol. The topological polar surface area (TPSA) is 83.8 Å². The lowest BCUT2D eigenvalue weighted by Gasteiger charge is -2.33. The second-order valence-electron chi connectivity index (χ2n) is 9.53. The number of amides is 1. The first-order chi connectivity index (χ1) is 16.5. The predicted molar refractivity (Wildman–Crippen MR) is 135 cm³/mol. The Bertz CT molecular complexity index is 1150. The quantitative estimate of drug-likeness (QED) is 0.524. The second kappa shape index (κ2) is 9.62. The Morgan fingerprint density at radius 2 is 1.94 bits per heavy atom. The summed E-state index contributed by atoms with van der Waals surface area (Å²) in [7, 11) is 2.14. The van der Waals surface area contributed by atoms with Gasteiger partial charge in [-0.2, -0.15) is 0 Å². The number of benzene rings is 1. The molecule has 1 saturated heterocycles. The van der Waals surface area contributed by atoms with Crippen molar-refractivity contribution in [3.63, 3.8) is 0 Å². The number of carbonyl (C=O) groups excluding carboxylic acids is 1. The molecular formula is C26H34N6O2. The minimum Gasteiger partial charge on any atom is -0.381 e. The molecule has 2 aliphatic rings. The van der Waals surface area contributed by atoms with Gasteiger partial charge in [0.05, 0.1) is 17.6 Å². The van der Waals surface area contributed by atoms with E-state index in [0.29, 0.717) is 23.7 Å². The summed E-state index contributed by atoms with van der Waals surface area (Å²) in [6.45, 7) is 5.90. The normalized spacial score (nSPS) is 17.5. The molecule has 2 fully saturated rings. The third-order valence-corrected chi connectivity index (χ3v) is 6.93. The molecule has 0 bridgehead atoms. The molecule has 1 unspecified atom stereocenters. The summed E-state index contributed by atoms with van der Waals surface area (Å²) in [6.07, 6.45) is 7.03. The molecule has 3 aromatic rings. The number of aromatic nitrogens is 3. The number of anilines is 2. The number of fused-ring (bicyclic) bond motifs is 1. The van der Waals surface area contributed by atoms with E-state index in [-0.39, 0.29) is 5.91 Å². The van der Waals surface area contributed by atoms with Crippen LogP contribution in [0.5, 0.6) is 0 Å². The van der Waals surface area contributed by atoms with Crippen molar-refractivity contribution in [1.82, 2.24) is 19.9 Å². The Kier molecular flexibility index (Phi) is 6.41. The minimum atomic E-state index is -0.00858. The highest BCUT2D eigenvalue weighted by molar-refractivity contribution is 5.95. The van der Waals surface area contributed by atoms with Crippen LogP contribution in [-0.4, -0.2) is 58.9 Å². The zero-order chi connectivity index (χ0) is 23.7. The number of hydrogen-bond acceptors (Lipinski definition) is 6. The van der Waals surface area contributed by atoms with Gasteiger partial charge in [0.2, 0.25) is 0 Å². The third kappa shape index (κ3) is 4.73. The highest BCUT2D eigenvalue weighted by Crippen LogP contribution is 2.31. The van der Waals surface area contributed by atoms with Gasteiger partial charge in [0, 0.05) is 55.6 Å². The van der Waals surface area contributed by atoms with Gasteiger partial charge in [-0.25, -0.2) is 9.50 Å². The highest BCUT2D eigenvalue weighted by Gasteiger charge is 2.25. The van der Waals surface area contributed by atoms with Gasteiger partial charge in [0.25, 0.3) is 5.91 Å². The number of nitrogens with zero attached hydrogens (tertiary/aromatic N) is 4. The van der Waals surface area contributed by atoms with Gasteiger partial charge in [-0.3, -0.25) is 4.79 Å². The van der Waals surface area contributed by atoms with Gasteiger partial charge in [0.15, 0.2) is 5.65 Å². The molecule has 1 aliphatic carbocycles. The molecule has 8 heteroatoms. The number of hydrogen-bond donors (Lipinski definition) is 2. The van der Waals surface area contributed by atoms with Crippen molar-refractivity contribution in [2.24, 2.45) is 0 Å². The molecule has 1 saturated carbocycles. The maximum Gasteiger partial charge on any atom is 0.251 e. The first kappa shape index (κ1) is 22.7. The van der Waals surface area contributed by atoms with Crippen LogP contribution in [0.25, 0.3) is 16.9 Å². The van der Waals surface area contributed by atoms with Crippen LogP contribution in [0.4, 0.5) is 11.5 Å². The Labute approximate surface area is 200 Å². The van der Waals surface area contributed by atoms with Gasteiger partial charge in [-0.05, 0) is 51.2 Å². The minimum absolute atomic E-state index is 0.00858. The van der Waals surface area contributed by atoms with Gasteiger partial charge in [0.1, 0.15) is 5.82 Å². The number of imidazole rings is 1. The maximum atomic E-state index is 12.4. The van der Waals surface area contributed by atoms with Crippen LogP contribution in [0.15, 0.2) is 36.5 Å². The lowest BCUT2D eigenvalue weighted by Crippen LogP contribution is -2.37. The van der Waals surface area contributed by atoms with Crippen molar-refractivity contribution in [3.8, 4) is 11.3 Å².